The number of halogens is 1. The van der Waals surface area contributed by atoms with Crippen LogP contribution in [-0.2, 0) is 0 Å². The Bertz CT molecular complexity index is 647. The second-order valence-corrected chi connectivity index (χ2v) is 6.41. The molecule has 0 aliphatic heterocycles. The summed E-state index contributed by atoms with van der Waals surface area (Å²) in [6.07, 6.45) is 0. The highest BCUT2D eigenvalue weighted by Gasteiger charge is 2.05. The molecule has 0 bridgehead atoms. The van der Waals surface area contributed by atoms with Crippen molar-refractivity contribution in [1.29, 1.82) is 0 Å². The van der Waals surface area contributed by atoms with E-state index in [-0.39, 0.29) is 0 Å². The number of hydrogen-bond acceptors (Lipinski definition) is 3. The molecule has 0 amide bonds. The summed E-state index contributed by atoms with van der Waals surface area (Å²) in [5, 5.41) is 3.86. The highest BCUT2D eigenvalue weighted by Crippen LogP contribution is 2.17. The van der Waals surface area contributed by atoms with E-state index in [2.05, 4.69) is 21.2 Å². The lowest BCUT2D eigenvalue weighted by Crippen LogP contribution is -2.34. The molecule has 1 N–H and O–H groups in total. The Morgan fingerprint density at radius 1 is 1.04 bits per heavy atom. The van der Waals surface area contributed by atoms with Crippen molar-refractivity contribution in [1.82, 2.24) is 4.90 Å². The maximum Gasteiger partial charge on any atom is 0.173 e. The number of anilines is 1. The van der Waals surface area contributed by atoms with Gasteiger partial charge >= 0.3 is 0 Å². The van der Waals surface area contributed by atoms with E-state index in [9.17, 15) is 0 Å². The van der Waals surface area contributed by atoms with Crippen molar-refractivity contribution in [2.75, 3.05) is 32.1 Å². The summed E-state index contributed by atoms with van der Waals surface area (Å²) in [6.45, 7) is 3.88. The molecular formula is C18H21BrN2O2S. The molecule has 0 aliphatic carbocycles. The predicted octanol–water partition coefficient (Wildman–Crippen LogP) is 4.56. The Labute approximate surface area is 156 Å². The van der Waals surface area contributed by atoms with Gasteiger partial charge in [-0.05, 0) is 67.7 Å². The van der Waals surface area contributed by atoms with Crippen LogP contribution >= 0.6 is 28.1 Å². The van der Waals surface area contributed by atoms with Gasteiger partial charge in [-0.3, -0.25) is 0 Å². The van der Waals surface area contributed by atoms with Crippen molar-refractivity contribution in [2.24, 2.45) is 0 Å². The highest BCUT2D eigenvalue weighted by atomic mass is 79.9. The maximum atomic E-state index is 5.71. The van der Waals surface area contributed by atoms with Crippen LogP contribution in [0, 0.1) is 0 Å². The predicted molar refractivity (Wildman–Crippen MR) is 106 cm³/mol. The topological polar surface area (TPSA) is 33.7 Å². The minimum absolute atomic E-state index is 0.559. The van der Waals surface area contributed by atoms with Crippen molar-refractivity contribution in [2.45, 2.75) is 6.92 Å². The average molecular weight is 409 g/mol. The first-order valence-corrected chi connectivity index (χ1v) is 8.92. The monoisotopic (exact) mass is 408 g/mol. The summed E-state index contributed by atoms with van der Waals surface area (Å²) < 4.78 is 12.2. The molecule has 0 fully saturated rings. The van der Waals surface area contributed by atoms with Gasteiger partial charge in [0.25, 0.3) is 0 Å². The third-order valence-corrected chi connectivity index (χ3v) is 4.21. The molecule has 0 radical (unpaired) electrons. The van der Waals surface area contributed by atoms with Gasteiger partial charge in [-0.1, -0.05) is 15.9 Å². The standard InChI is InChI=1S/C18H21BrN2O2S/c1-3-22-16-10-6-15(7-11-16)20-18(24)21(2)12-13-23-17-8-4-14(19)5-9-17/h4-11H,3,12-13H2,1-2H3,(H,20,24). The molecule has 0 atom stereocenters. The van der Waals surface area contributed by atoms with Gasteiger partial charge < -0.3 is 19.7 Å². The molecule has 4 nitrogen and oxygen atoms in total. The molecule has 0 spiro atoms. The fourth-order valence-corrected chi connectivity index (χ4v) is 2.43. The van der Waals surface area contributed by atoms with E-state index in [1.807, 2.05) is 67.4 Å². The van der Waals surface area contributed by atoms with Gasteiger partial charge in [0.1, 0.15) is 18.1 Å². The molecule has 0 saturated heterocycles. The number of likely N-dealkylation sites (N-methyl/N-ethyl adjacent to an activating group) is 1. The minimum Gasteiger partial charge on any atom is -0.494 e. The molecule has 0 heterocycles. The summed E-state index contributed by atoms with van der Waals surface area (Å²) in [5.74, 6) is 1.70. The molecule has 2 rings (SSSR count). The Hall–Kier alpha value is -1.79. The van der Waals surface area contributed by atoms with Crippen molar-refractivity contribution in [3.8, 4) is 11.5 Å². The van der Waals surface area contributed by atoms with Gasteiger partial charge in [0.05, 0.1) is 13.2 Å². The van der Waals surface area contributed by atoms with Gasteiger partial charge in [0, 0.05) is 17.2 Å². The van der Waals surface area contributed by atoms with Crippen LogP contribution in [0.15, 0.2) is 53.0 Å². The zero-order chi connectivity index (χ0) is 17.4. The molecule has 24 heavy (non-hydrogen) atoms. The molecule has 2 aromatic rings. The number of rotatable bonds is 7. The summed E-state index contributed by atoms with van der Waals surface area (Å²) in [6, 6.07) is 15.5. The van der Waals surface area contributed by atoms with Gasteiger partial charge in [-0.15, -0.1) is 0 Å². The number of hydrogen-bond donors (Lipinski definition) is 1. The Kier molecular flexibility index (Phi) is 7.34. The van der Waals surface area contributed by atoms with Crippen LogP contribution in [0.4, 0.5) is 5.69 Å². The fraction of sp³-hybridized carbons (Fsp3) is 0.278. The Morgan fingerprint density at radius 2 is 1.62 bits per heavy atom. The van der Waals surface area contributed by atoms with E-state index in [0.29, 0.717) is 24.9 Å². The number of ether oxygens (including phenoxy) is 2. The lowest BCUT2D eigenvalue weighted by Gasteiger charge is -2.21. The fourth-order valence-electron chi connectivity index (χ4n) is 1.95. The quantitative estimate of drug-likeness (QED) is 0.679. The second kappa shape index (κ2) is 9.49. The number of nitrogens with zero attached hydrogens (tertiary/aromatic N) is 1. The largest absolute Gasteiger partial charge is 0.494 e. The zero-order valence-corrected chi connectivity index (χ0v) is 16.2. The van der Waals surface area contributed by atoms with Crippen LogP contribution in [0.3, 0.4) is 0 Å². The maximum absolute atomic E-state index is 5.71. The van der Waals surface area contributed by atoms with E-state index < -0.39 is 0 Å². The molecule has 0 saturated carbocycles. The summed E-state index contributed by atoms with van der Waals surface area (Å²) in [4.78, 5) is 1.95. The Balaban J connectivity index is 1.76. The smallest absolute Gasteiger partial charge is 0.173 e. The second-order valence-electron chi connectivity index (χ2n) is 5.11. The SMILES string of the molecule is CCOc1ccc(NC(=S)N(C)CCOc2ccc(Br)cc2)cc1. The van der Waals surface area contributed by atoms with Gasteiger partial charge in [0.2, 0.25) is 0 Å². The van der Waals surface area contributed by atoms with Crippen molar-refractivity contribution < 1.29 is 9.47 Å². The first-order valence-electron chi connectivity index (χ1n) is 7.72. The van der Waals surface area contributed by atoms with Crippen molar-refractivity contribution in [3.63, 3.8) is 0 Å². The van der Waals surface area contributed by atoms with Crippen LogP contribution in [0.2, 0.25) is 0 Å². The van der Waals surface area contributed by atoms with Crippen LogP contribution in [0.5, 0.6) is 11.5 Å². The first-order chi connectivity index (χ1) is 11.6. The summed E-state index contributed by atoms with van der Waals surface area (Å²) in [5.41, 5.74) is 0.934. The molecule has 0 aliphatic rings. The summed E-state index contributed by atoms with van der Waals surface area (Å²) >= 11 is 8.82. The molecule has 2 aromatic carbocycles. The molecule has 6 heteroatoms. The van der Waals surface area contributed by atoms with Crippen molar-refractivity contribution in [3.05, 3.63) is 53.0 Å². The summed E-state index contributed by atoms with van der Waals surface area (Å²) in [7, 11) is 1.94. The van der Waals surface area contributed by atoms with E-state index in [1.54, 1.807) is 0 Å². The van der Waals surface area contributed by atoms with Crippen LogP contribution in [-0.4, -0.2) is 36.8 Å². The van der Waals surface area contributed by atoms with Crippen LogP contribution in [0.25, 0.3) is 0 Å². The van der Waals surface area contributed by atoms with Gasteiger partial charge in [0.15, 0.2) is 5.11 Å². The molecule has 0 aromatic heterocycles. The minimum atomic E-state index is 0.559. The highest BCUT2D eigenvalue weighted by molar-refractivity contribution is 9.10. The van der Waals surface area contributed by atoms with Crippen LogP contribution in [0.1, 0.15) is 6.92 Å². The molecule has 128 valence electrons. The normalized spacial score (nSPS) is 10.1. The average Bonchev–Trinajstić information content (AvgIpc) is 2.58. The molecular weight excluding hydrogens is 388 g/mol. The third kappa shape index (κ3) is 6.02. The lowest BCUT2D eigenvalue weighted by molar-refractivity contribution is 0.285. The lowest BCUT2D eigenvalue weighted by atomic mass is 10.3. The van der Waals surface area contributed by atoms with E-state index in [1.165, 1.54) is 0 Å². The number of thiocarbonyl (C=S) groups is 1. The van der Waals surface area contributed by atoms with Crippen molar-refractivity contribution >= 4 is 38.9 Å². The van der Waals surface area contributed by atoms with Gasteiger partial charge in [-0.2, -0.15) is 0 Å². The Morgan fingerprint density at radius 3 is 2.25 bits per heavy atom. The van der Waals surface area contributed by atoms with Gasteiger partial charge in [-0.25, -0.2) is 0 Å². The number of nitrogens with one attached hydrogen (secondary N) is 1. The third-order valence-electron chi connectivity index (χ3n) is 3.27. The number of benzene rings is 2. The van der Waals surface area contributed by atoms with Crippen LogP contribution < -0.4 is 14.8 Å². The zero-order valence-electron chi connectivity index (χ0n) is 13.8. The molecule has 0 unspecified atom stereocenters. The van der Waals surface area contributed by atoms with E-state index in [0.717, 1.165) is 21.7 Å². The first kappa shape index (κ1) is 18.5. The van der Waals surface area contributed by atoms with E-state index in [4.69, 9.17) is 21.7 Å². The van der Waals surface area contributed by atoms with E-state index >= 15 is 0 Å².